The quantitative estimate of drug-likeness (QED) is 0.839. The third-order valence-corrected chi connectivity index (χ3v) is 3.68. The highest BCUT2D eigenvalue weighted by Gasteiger charge is 2.23. The highest BCUT2D eigenvalue weighted by atomic mass is 16.5. The normalized spacial score (nSPS) is 18.4. The molecule has 1 aliphatic rings. The first kappa shape index (κ1) is 14.9. The summed E-state index contributed by atoms with van der Waals surface area (Å²) in [5.74, 6) is 0.624. The summed E-state index contributed by atoms with van der Waals surface area (Å²) in [7, 11) is 0. The lowest BCUT2D eigenvalue weighted by molar-refractivity contribution is -0.123. The summed E-state index contributed by atoms with van der Waals surface area (Å²) in [6.45, 7) is 4.12. The van der Waals surface area contributed by atoms with Crippen molar-refractivity contribution >= 4 is 5.91 Å². The minimum absolute atomic E-state index is 0.0284. The zero-order valence-electron chi connectivity index (χ0n) is 12.2. The van der Waals surface area contributed by atoms with Crippen LogP contribution in [0.15, 0.2) is 18.2 Å². The molecule has 110 valence electrons. The van der Waals surface area contributed by atoms with Crippen molar-refractivity contribution in [2.75, 3.05) is 6.61 Å². The van der Waals surface area contributed by atoms with Crippen LogP contribution in [0.4, 0.5) is 0 Å². The summed E-state index contributed by atoms with van der Waals surface area (Å²) in [5, 5.41) is 12.7. The number of nitrogens with one attached hydrogen (secondary N) is 1. The van der Waals surface area contributed by atoms with Gasteiger partial charge in [-0.1, -0.05) is 25.5 Å². The van der Waals surface area contributed by atoms with Gasteiger partial charge in [-0.05, 0) is 37.8 Å². The molecule has 20 heavy (non-hydrogen) atoms. The largest absolute Gasteiger partial charge is 0.483 e. The molecule has 0 radical (unpaired) electrons. The Bertz CT molecular complexity index is 473. The van der Waals surface area contributed by atoms with Crippen LogP contribution in [0.1, 0.15) is 50.3 Å². The molecule has 2 rings (SSSR count). The molecule has 2 unspecified atom stereocenters. The first-order valence-corrected chi connectivity index (χ1v) is 7.33. The van der Waals surface area contributed by atoms with E-state index in [2.05, 4.69) is 12.2 Å². The zero-order valence-corrected chi connectivity index (χ0v) is 12.2. The molecule has 0 saturated heterocycles. The molecule has 2 atom stereocenters. The van der Waals surface area contributed by atoms with Crippen molar-refractivity contribution in [3.05, 3.63) is 29.3 Å². The van der Waals surface area contributed by atoms with Gasteiger partial charge in [0.25, 0.3) is 5.91 Å². The molecule has 0 aromatic heterocycles. The molecule has 0 saturated carbocycles. The minimum atomic E-state index is -0.396. The molecule has 1 aromatic rings. The van der Waals surface area contributed by atoms with Crippen molar-refractivity contribution in [1.29, 1.82) is 0 Å². The Labute approximate surface area is 120 Å². The Hall–Kier alpha value is -1.55. The molecule has 0 spiro atoms. The first-order valence-electron chi connectivity index (χ1n) is 7.33. The lowest BCUT2D eigenvalue weighted by atomic mass is 10.1. The van der Waals surface area contributed by atoms with E-state index in [9.17, 15) is 9.90 Å². The van der Waals surface area contributed by atoms with Crippen molar-refractivity contribution < 1.29 is 14.6 Å². The van der Waals surface area contributed by atoms with E-state index in [0.29, 0.717) is 0 Å². The Kier molecular flexibility index (Phi) is 5.01. The van der Waals surface area contributed by atoms with E-state index in [1.165, 1.54) is 0 Å². The van der Waals surface area contributed by atoms with Crippen LogP contribution >= 0.6 is 0 Å². The van der Waals surface area contributed by atoms with Crippen molar-refractivity contribution in [3.8, 4) is 5.75 Å². The van der Waals surface area contributed by atoms with Crippen LogP contribution in [-0.4, -0.2) is 23.7 Å². The fraction of sp³-hybridized carbons (Fsp3) is 0.562. The number of carbonyl (C=O) groups is 1. The van der Waals surface area contributed by atoms with E-state index in [-0.39, 0.29) is 18.6 Å². The lowest BCUT2D eigenvalue weighted by Gasteiger charge is -2.14. The van der Waals surface area contributed by atoms with E-state index in [4.69, 9.17) is 4.74 Å². The number of hydrogen-bond donors (Lipinski definition) is 2. The number of hydrogen-bond acceptors (Lipinski definition) is 3. The van der Waals surface area contributed by atoms with Crippen LogP contribution in [0.5, 0.6) is 5.75 Å². The molecule has 0 bridgehead atoms. The average Bonchev–Trinajstić information content (AvgIpc) is 2.79. The third-order valence-electron chi connectivity index (χ3n) is 3.68. The SMILES string of the molecule is CCCC(C)NC(=O)COc1cccc2c1CCC2O. The van der Waals surface area contributed by atoms with Gasteiger partial charge < -0.3 is 15.2 Å². The van der Waals surface area contributed by atoms with Crippen molar-refractivity contribution in [1.82, 2.24) is 5.32 Å². The van der Waals surface area contributed by atoms with Gasteiger partial charge in [0.1, 0.15) is 5.75 Å². The second-order valence-electron chi connectivity index (χ2n) is 5.42. The maximum Gasteiger partial charge on any atom is 0.258 e. The van der Waals surface area contributed by atoms with E-state index in [1.54, 1.807) is 0 Å². The Morgan fingerprint density at radius 1 is 1.55 bits per heavy atom. The number of benzene rings is 1. The van der Waals surface area contributed by atoms with E-state index < -0.39 is 6.10 Å². The Balaban J connectivity index is 1.90. The summed E-state index contributed by atoms with van der Waals surface area (Å²) in [6.07, 6.45) is 3.16. The summed E-state index contributed by atoms with van der Waals surface area (Å²) in [5.41, 5.74) is 1.97. The number of rotatable bonds is 6. The van der Waals surface area contributed by atoms with E-state index in [1.807, 2.05) is 25.1 Å². The minimum Gasteiger partial charge on any atom is -0.483 e. The molecule has 0 heterocycles. The van der Waals surface area contributed by atoms with Crippen molar-refractivity contribution in [2.45, 2.75) is 51.7 Å². The molecular weight excluding hydrogens is 254 g/mol. The van der Waals surface area contributed by atoms with Gasteiger partial charge in [0, 0.05) is 11.6 Å². The van der Waals surface area contributed by atoms with Crippen LogP contribution in [0.25, 0.3) is 0 Å². The molecule has 2 N–H and O–H groups in total. The summed E-state index contributed by atoms with van der Waals surface area (Å²) >= 11 is 0. The van der Waals surface area contributed by atoms with Crippen LogP contribution in [0.3, 0.4) is 0 Å². The fourth-order valence-electron chi connectivity index (χ4n) is 2.70. The van der Waals surface area contributed by atoms with Gasteiger partial charge in [-0.25, -0.2) is 0 Å². The predicted octanol–water partition coefficient (Wildman–Crippen LogP) is 2.35. The number of ether oxygens (including phenoxy) is 1. The molecule has 4 nitrogen and oxygen atoms in total. The highest BCUT2D eigenvalue weighted by Crippen LogP contribution is 2.36. The van der Waals surface area contributed by atoms with Gasteiger partial charge in [-0.2, -0.15) is 0 Å². The smallest absolute Gasteiger partial charge is 0.258 e. The van der Waals surface area contributed by atoms with E-state index in [0.717, 1.165) is 42.6 Å². The lowest BCUT2D eigenvalue weighted by Crippen LogP contribution is -2.36. The number of aliphatic hydroxyl groups is 1. The first-order chi connectivity index (χ1) is 9.61. The van der Waals surface area contributed by atoms with Crippen molar-refractivity contribution in [3.63, 3.8) is 0 Å². The Morgan fingerprint density at radius 2 is 2.35 bits per heavy atom. The molecule has 1 amide bonds. The molecule has 1 aromatic carbocycles. The van der Waals surface area contributed by atoms with Gasteiger partial charge in [-0.3, -0.25) is 4.79 Å². The number of aliphatic hydroxyl groups excluding tert-OH is 1. The molecular formula is C16H23NO3. The second-order valence-corrected chi connectivity index (χ2v) is 5.42. The van der Waals surface area contributed by atoms with Gasteiger partial charge in [0.2, 0.25) is 0 Å². The van der Waals surface area contributed by atoms with Gasteiger partial charge in [-0.15, -0.1) is 0 Å². The standard InChI is InChI=1S/C16H23NO3/c1-3-5-11(2)17-16(19)10-20-15-7-4-6-12-13(15)8-9-14(12)18/h4,6-7,11,14,18H,3,5,8-10H2,1-2H3,(H,17,19). The summed E-state index contributed by atoms with van der Waals surface area (Å²) in [6, 6.07) is 5.82. The van der Waals surface area contributed by atoms with Gasteiger partial charge in [0.15, 0.2) is 6.61 Å². The zero-order chi connectivity index (χ0) is 14.5. The fourth-order valence-corrected chi connectivity index (χ4v) is 2.70. The van der Waals surface area contributed by atoms with Crippen LogP contribution in [0.2, 0.25) is 0 Å². The number of fused-ring (bicyclic) bond motifs is 1. The Morgan fingerprint density at radius 3 is 3.10 bits per heavy atom. The number of carbonyl (C=O) groups excluding carboxylic acids is 1. The van der Waals surface area contributed by atoms with Crippen molar-refractivity contribution in [2.24, 2.45) is 0 Å². The van der Waals surface area contributed by atoms with E-state index >= 15 is 0 Å². The third kappa shape index (κ3) is 3.51. The molecule has 0 fully saturated rings. The summed E-state index contributed by atoms with van der Waals surface area (Å²) < 4.78 is 5.61. The van der Waals surface area contributed by atoms with Gasteiger partial charge in [0.05, 0.1) is 6.10 Å². The second kappa shape index (κ2) is 6.75. The average molecular weight is 277 g/mol. The topological polar surface area (TPSA) is 58.6 Å². The maximum absolute atomic E-state index is 11.8. The summed E-state index contributed by atoms with van der Waals surface area (Å²) in [4.78, 5) is 11.8. The number of amides is 1. The monoisotopic (exact) mass is 277 g/mol. The predicted molar refractivity (Wildman–Crippen MR) is 77.7 cm³/mol. The molecule has 0 aliphatic heterocycles. The van der Waals surface area contributed by atoms with Crippen LogP contribution in [-0.2, 0) is 11.2 Å². The maximum atomic E-state index is 11.8. The van der Waals surface area contributed by atoms with Crippen LogP contribution < -0.4 is 10.1 Å². The molecule has 1 aliphatic carbocycles. The van der Waals surface area contributed by atoms with Crippen LogP contribution in [0, 0.1) is 0 Å². The highest BCUT2D eigenvalue weighted by molar-refractivity contribution is 5.77. The van der Waals surface area contributed by atoms with Gasteiger partial charge >= 0.3 is 0 Å². The molecule has 4 heteroatoms.